The summed E-state index contributed by atoms with van der Waals surface area (Å²) in [6.45, 7) is 17.7. The van der Waals surface area contributed by atoms with Gasteiger partial charge in [-0.1, -0.05) is 32.9 Å². The van der Waals surface area contributed by atoms with E-state index in [1.165, 1.54) is 45.9 Å². The molecule has 334 valence electrons. The van der Waals surface area contributed by atoms with Crippen molar-refractivity contribution < 1.29 is 46.1 Å². The second-order valence-electron chi connectivity index (χ2n) is 17.4. The molecule has 61 heavy (non-hydrogen) atoms. The molecule has 18 nitrogen and oxygen atoms in total. The molecule has 2 aromatic heterocycles. The normalized spacial score (nSPS) is 12.7. The Kier molecular flexibility index (Phi) is 14.7. The van der Waals surface area contributed by atoms with E-state index in [1.54, 1.807) is 58.7 Å². The largest absolute Gasteiger partial charge is 0.465 e. The van der Waals surface area contributed by atoms with Crippen molar-refractivity contribution >= 4 is 61.3 Å². The molecule has 0 radical (unpaired) electrons. The number of nitrogens with zero attached hydrogens (tertiary/aromatic N) is 6. The second-order valence-corrected chi connectivity index (χ2v) is 22.9. The molecule has 4 aromatic rings. The van der Waals surface area contributed by atoms with Gasteiger partial charge in [-0.05, 0) is 96.4 Å². The number of sulfonamides is 1. The number of ether oxygens (including phenoxy) is 3. The maximum absolute atomic E-state index is 13.8. The molecule has 1 N–H and O–H groups in total. The molecule has 0 atom stereocenters. The number of carbonyl (C=O) groups excluding carboxylic acids is 3. The minimum atomic E-state index is -4.53. The number of methoxy groups -OCH3 is 1. The summed E-state index contributed by atoms with van der Waals surface area (Å²) in [7, 11) is -4.83. The minimum absolute atomic E-state index is 0.0468. The lowest BCUT2D eigenvalue weighted by molar-refractivity contribution is -0.387. The molecule has 4 rings (SSSR count). The average molecular weight is 888 g/mol. The number of aromatic nitrogens is 3. The minimum Gasteiger partial charge on any atom is -0.465 e. The van der Waals surface area contributed by atoms with Crippen molar-refractivity contribution in [2.45, 2.75) is 89.6 Å². The third kappa shape index (κ3) is 12.8. The number of para-hydroxylation sites is 1. The molecular weight excluding hydrogens is 831 g/mol. The number of rotatable bonds is 15. The topological polar surface area (TPSA) is 214 Å². The van der Waals surface area contributed by atoms with Crippen LogP contribution in [0.1, 0.15) is 79.1 Å². The van der Waals surface area contributed by atoms with Gasteiger partial charge >= 0.3 is 18.2 Å². The van der Waals surface area contributed by atoms with Crippen LogP contribution in [0.25, 0.3) is 16.8 Å². The number of nitrogens with one attached hydrogen (secondary N) is 1. The highest BCUT2D eigenvalue weighted by Crippen LogP contribution is 2.53. The Balaban J connectivity index is 1.72. The fraction of sp³-hybridized carbons (Fsp3) is 0.488. The monoisotopic (exact) mass is 887 g/mol. The Morgan fingerprint density at radius 2 is 1.52 bits per heavy atom. The lowest BCUT2D eigenvalue weighted by atomic mass is 10.0. The van der Waals surface area contributed by atoms with Gasteiger partial charge in [0.25, 0.3) is 15.7 Å². The van der Waals surface area contributed by atoms with E-state index in [0.29, 0.717) is 5.56 Å². The summed E-state index contributed by atoms with van der Waals surface area (Å²) in [5, 5.41) is 16.1. The SMILES string of the molecule is COC(=O)c1cc(NS(=O)(=O)c2ccccc2[N+](=O)[O-])cc(-c2cnn3ccc(N(CCCN(CCOS(C)(C)C(C)(C)C)C(=O)OC(C)(C)C)C(=O)OC(C)(C)C)nc23)c1. The number of anilines is 2. The maximum atomic E-state index is 13.8. The molecule has 0 spiro atoms. The van der Waals surface area contributed by atoms with Gasteiger partial charge in [0.1, 0.15) is 17.0 Å². The van der Waals surface area contributed by atoms with Crippen molar-refractivity contribution in [3.63, 3.8) is 0 Å². The summed E-state index contributed by atoms with van der Waals surface area (Å²) < 4.78 is 53.4. The summed E-state index contributed by atoms with van der Waals surface area (Å²) in [6.07, 6.45) is 6.25. The van der Waals surface area contributed by atoms with Crippen LogP contribution < -0.4 is 9.62 Å². The van der Waals surface area contributed by atoms with E-state index in [4.69, 9.17) is 23.4 Å². The van der Waals surface area contributed by atoms with Gasteiger partial charge in [0.05, 0.1) is 36.1 Å². The van der Waals surface area contributed by atoms with Crippen LogP contribution in [0.15, 0.2) is 65.8 Å². The van der Waals surface area contributed by atoms with Crippen molar-refractivity contribution in [1.29, 1.82) is 0 Å². The summed E-state index contributed by atoms with van der Waals surface area (Å²) in [4.78, 5) is 58.0. The predicted molar refractivity (Wildman–Crippen MR) is 235 cm³/mol. The first kappa shape index (κ1) is 48.2. The summed E-state index contributed by atoms with van der Waals surface area (Å²) >= 11 is 0. The molecular formula is C41H57N7O11S2. The van der Waals surface area contributed by atoms with Crippen LogP contribution in [-0.4, -0.2) is 113 Å². The van der Waals surface area contributed by atoms with Gasteiger partial charge in [0, 0.05) is 42.2 Å². The van der Waals surface area contributed by atoms with E-state index in [-0.39, 0.29) is 65.7 Å². The van der Waals surface area contributed by atoms with Gasteiger partial charge in [0.15, 0.2) is 10.5 Å². The van der Waals surface area contributed by atoms with Gasteiger partial charge in [-0.15, -0.1) is 10.3 Å². The zero-order valence-electron chi connectivity index (χ0n) is 36.8. The van der Waals surface area contributed by atoms with Gasteiger partial charge in [0.2, 0.25) is 0 Å². The van der Waals surface area contributed by atoms with Gasteiger partial charge in [-0.3, -0.25) is 19.7 Å². The zero-order chi connectivity index (χ0) is 45.7. The lowest BCUT2D eigenvalue weighted by Gasteiger charge is -2.44. The van der Waals surface area contributed by atoms with E-state index in [0.717, 1.165) is 19.2 Å². The van der Waals surface area contributed by atoms with Gasteiger partial charge in [-0.25, -0.2) is 32.3 Å². The smallest absolute Gasteiger partial charge is 0.416 e. The summed E-state index contributed by atoms with van der Waals surface area (Å²) in [6, 6.07) is 10.5. The number of esters is 1. The average Bonchev–Trinajstić information content (AvgIpc) is 3.56. The van der Waals surface area contributed by atoms with Crippen LogP contribution in [-0.2, 0) is 28.4 Å². The quantitative estimate of drug-likeness (QED) is 0.0518. The molecule has 0 saturated heterocycles. The molecule has 2 amide bonds. The molecule has 20 heteroatoms. The fourth-order valence-corrected chi connectivity index (χ4v) is 7.58. The Morgan fingerprint density at radius 3 is 2.13 bits per heavy atom. The number of nitro benzene ring substituents is 1. The molecule has 0 unspecified atom stereocenters. The van der Waals surface area contributed by atoms with Crippen LogP contribution in [0, 0.1) is 10.1 Å². The standard InChI is InChI=1S/C41H57N7O11S2/c1-39(2,3)58-37(50)45(22-23-57-60(11,12)41(7,8)9)19-15-20-46(38(51)59-40(4,5)6)34-18-21-47-35(43-34)31(27-42-47)28-24-29(36(49)56-10)26-30(25-28)44-61(54,55)33-17-14-13-16-32(33)48(52)53/h13-14,16-18,21,24-27,44H,15,19-20,22-23H2,1-12H3. The van der Waals surface area contributed by atoms with Crippen molar-refractivity contribution in [3.05, 3.63) is 76.6 Å². The molecule has 0 fully saturated rings. The molecule has 0 bridgehead atoms. The van der Waals surface area contributed by atoms with Crippen LogP contribution in [0.4, 0.5) is 26.8 Å². The Labute approximate surface area is 358 Å². The highest BCUT2D eigenvalue weighted by Gasteiger charge is 2.31. The number of hydrogen-bond donors (Lipinski definition) is 1. The molecule has 0 aliphatic rings. The molecule has 0 aliphatic heterocycles. The van der Waals surface area contributed by atoms with Crippen molar-refractivity contribution in [2.75, 3.05) is 55.5 Å². The first-order valence-electron chi connectivity index (χ1n) is 19.3. The van der Waals surface area contributed by atoms with E-state index >= 15 is 0 Å². The Bertz CT molecular complexity index is 2360. The van der Waals surface area contributed by atoms with E-state index in [1.807, 2.05) is 0 Å². The molecule has 2 aromatic carbocycles. The number of nitro groups is 1. The Morgan fingerprint density at radius 1 is 0.885 bits per heavy atom. The summed E-state index contributed by atoms with van der Waals surface area (Å²) in [5.41, 5.74) is -1.59. The highest BCUT2D eigenvalue weighted by atomic mass is 32.3. The number of fused-ring (bicyclic) bond motifs is 1. The van der Waals surface area contributed by atoms with E-state index in [9.17, 15) is 32.9 Å². The third-order valence-electron chi connectivity index (χ3n) is 9.19. The third-order valence-corrected chi connectivity index (χ3v) is 14.3. The molecule has 2 heterocycles. The Hall–Kier alpha value is -5.47. The number of carbonyl (C=O) groups is 3. The van der Waals surface area contributed by atoms with Crippen molar-refractivity contribution in [2.24, 2.45) is 0 Å². The lowest BCUT2D eigenvalue weighted by Crippen LogP contribution is -2.42. The first-order valence-corrected chi connectivity index (χ1v) is 23.2. The van der Waals surface area contributed by atoms with Gasteiger partial charge < -0.3 is 23.3 Å². The van der Waals surface area contributed by atoms with E-state index in [2.05, 4.69) is 43.1 Å². The first-order chi connectivity index (χ1) is 28.1. The van der Waals surface area contributed by atoms with Crippen molar-refractivity contribution in [1.82, 2.24) is 19.5 Å². The van der Waals surface area contributed by atoms with Crippen LogP contribution >= 0.6 is 10.3 Å². The van der Waals surface area contributed by atoms with Crippen LogP contribution in [0.3, 0.4) is 0 Å². The maximum Gasteiger partial charge on any atom is 0.416 e. The number of hydrogen-bond acceptors (Lipinski definition) is 13. The zero-order valence-corrected chi connectivity index (χ0v) is 38.4. The predicted octanol–water partition coefficient (Wildman–Crippen LogP) is 8.05. The number of amides is 2. The van der Waals surface area contributed by atoms with E-state index < -0.39 is 65.2 Å². The van der Waals surface area contributed by atoms with Crippen molar-refractivity contribution in [3.8, 4) is 11.1 Å². The summed E-state index contributed by atoms with van der Waals surface area (Å²) in [5.74, 6) is -0.618. The fourth-order valence-electron chi connectivity index (χ4n) is 5.53. The van der Waals surface area contributed by atoms with Crippen LogP contribution in [0.5, 0.6) is 0 Å². The molecule has 0 saturated carbocycles. The second kappa shape index (κ2) is 18.7. The van der Waals surface area contributed by atoms with Crippen LogP contribution in [0.2, 0.25) is 0 Å². The molecule has 0 aliphatic carbocycles. The highest BCUT2D eigenvalue weighted by molar-refractivity contribution is 8.29. The van der Waals surface area contributed by atoms with Gasteiger partial charge in [-0.2, -0.15) is 5.10 Å². The number of benzene rings is 2.